The minimum Gasteiger partial charge on any atom is -0.493 e. The molecule has 10 heavy (non-hydrogen) atoms. The van der Waals surface area contributed by atoms with Gasteiger partial charge >= 0.3 is 0 Å². The van der Waals surface area contributed by atoms with Crippen molar-refractivity contribution in [2.24, 2.45) is 0 Å². The summed E-state index contributed by atoms with van der Waals surface area (Å²) in [6, 6.07) is 1.22. The third-order valence-corrected chi connectivity index (χ3v) is 0.750. The molecule has 0 spiro atoms. The summed E-state index contributed by atoms with van der Waals surface area (Å²) in [5.74, 6) is -0.0625. The van der Waals surface area contributed by atoms with Gasteiger partial charge < -0.3 is 16.6 Å². The third kappa shape index (κ3) is 1.94. The molecule has 56 valence electrons. The Morgan fingerprint density at radius 1 is 1.30 bits per heavy atom. The van der Waals surface area contributed by atoms with E-state index in [4.69, 9.17) is 16.6 Å². The number of halogens is 1. The second-order valence-electron chi connectivity index (χ2n) is 1.51. The van der Waals surface area contributed by atoms with Crippen molar-refractivity contribution in [1.29, 1.82) is 0 Å². The molecule has 0 aliphatic heterocycles. The van der Waals surface area contributed by atoms with Crippen molar-refractivity contribution in [3.8, 4) is 5.88 Å². The molecule has 0 unspecified atom stereocenters. The Bertz CT molecular complexity index is 178. The van der Waals surface area contributed by atoms with Crippen molar-refractivity contribution in [1.82, 2.24) is 9.97 Å². The van der Waals surface area contributed by atoms with Crippen LogP contribution >= 0.6 is 12.4 Å². The molecule has 0 aliphatic carbocycles. The number of rotatable bonds is 0. The van der Waals surface area contributed by atoms with E-state index in [1.165, 1.54) is 6.07 Å². The molecule has 1 aromatic heterocycles. The van der Waals surface area contributed by atoms with Crippen LogP contribution in [-0.2, 0) is 0 Å². The molecule has 0 radical (unpaired) electrons. The van der Waals surface area contributed by atoms with Crippen LogP contribution in [0, 0.1) is 0 Å². The standard InChI is InChI=1S/C4H6N4O.ClH/c5-2-1-3(9)8-4(6)7-2;/h1H,(H5,5,6,7,8,9);1H. The Labute approximate surface area is 63.5 Å². The molecule has 5 nitrogen and oxygen atoms in total. The van der Waals surface area contributed by atoms with Gasteiger partial charge in [-0.2, -0.15) is 9.97 Å². The van der Waals surface area contributed by atoms with E-state index in [9.17, 15) is 0 Å². The first-order valence-corrected chi connectivity index (χ1v) is 2.27. The van der Waals surface area contributed by atoms with E-state index in [1.54, 1.807) is 0 Å². The van der Waals surface area contributed by atoms with Gasteiger partial charge in [0.1, 0.15) is 5.82 Å². The fourth-order valence-electron chi connectivity index (χ4n) is 0.471. The molecule has 1 aromatic rings. The molecule has 1 rings (SSSR count). The highest BCUT2D eigenvalue weighted by molar-refractivity contribution is 5.85. The molecule has 0 saturated heterocycles. The molecule has 5 N–H and O–H groups in total. The average Bonchev–Trinajstić information content (AvgIpc) is 1.59. The lowest BCUT2D eigenvalue weighted by Crippen LogP contribution is -1.97. The summed E-state index contributed by atoms with van der Waals surface area (Å²) in [5, 5.41) is 8.68. The number of hydrogen-bond acceptors (Lipinski definition) is 5. The highest BCUT2D eigenvalue weighted by atomic mass is 35.5. The van der Waals surface area contributed by atoms with Gasteiger partial charge in [-0.1, -0.05) is 0 Å². The Morgan fingerprint density at radius 2 is 1.90 bits per heavy atom. The van der Waals surface area contributed by atoms with Crippen LogP contribution < -0.4 is 11.5 Å². The summed E-state index contributed by atoms with van der Waals surface area (Å²) in [6.07, 6.45) is 0. The van der Waals surface area contributed by atoms with Gasteiger partial charge in [0.15, 0.2) is 0 Å². The number of nitrogen functional groups attached to an aromatic ring is 2. The van der Waals surface area contributed by atoms with Crippen molar-refractivity contribution in [2.75, 3.05) is 11.5 Å². The molecular weight excluding hydrogens is 156 g/mol. The first kappa shape index (κ1) is 8.77. The van der Waals surface area contributed by atoms with E-state index in [-0.39, 0.29) is 30.1 Å². The number of nitrogens with zero attached hydrogens (tertiary/aromatic N) is 2. The maximum absolute atomic E-state index is 8.68. The summed E-state index contributed by atoms with van der Waals surface area (Å²) >= 11 is 0. The van der Waals surface area contributed by atoms with Crippen LogP contribution in [0.25, 0.3) is 0 Å². The summed E-state index contributed by atoms with van der Waals surface area (Å²) < 4.78 is 0. The van der Waals surface area contributed by atoms with Gasteiger partial charge in [-0.05, 0) is 0 Å². The maximum Gasteiger partial charge on any atom is 0.225 e. The predicted molar refractivity (Wildman–Crippen MR) is 39.8 cm³/mol. The van der Waals surface area contributed by atoms with Crippen molar-refractivity contribution in [3.05, 3.63) is 6.07 Å². The fraction of sp³-hybridized carbons (Fsp3) is 0. The normalized spacial score (nSPS) is 8.40. The van der Waals surface area contributed by atoms with Gasteiger partial charge in [0, 0.05) is 6.07 Å². The molecule has 0 atom stereocenters. The monoisotopic (exact) mass is 162 g/mol. The van der Waals surface area contributed by atoms with Gasteiger partial charge in [0.05, 0.1) is 0 Å². The van der Waals surface area contributed by atoms with E-state index in [1.807, 2.05) is 0 Å². The second kappa shape index (κ2) is 3.07. The lowest BCUT2D eigenvalue weighted by molar-refractivity contribution is 0.453. The minimum absolute atomic E-state index is 0. The van der Waals surface area contributed by atoms with Crippen LogP contribution in [0.5, 0.6) is 5.88 Å². The topological polar surface area (TPSA) is 98.0 Å². The lowest BCUT2D eigenvalue weighted by atomic mass is 10.6. The molecule has 0 saturated carbocycles. The third-order valence-electron chi connectivity index (χ3n) is 0.750. The quantitative estimate of drug-likeness (QED) is 0.490. The minimum atomic E-state index is -0.208. The van der Waals surface area contributed by atoms with Crippen molar-refractivity contribution < 1.29 is 5.11 Å². The number of hydrogen-bond donors (Lipinski definition) is 3. The van der Waals surface area contributed by atoms with Gasteiger partial charge in [0.25, 0.3) is 0 Å². The SMILES string of the molecule is Cl.Nc1cc(O)nc(N)n1. The Hall–Kier alpha value is -1.23. The summed E-state index contributed by atoms with van der Waals surface area (Å²) in [5.41, 5.74) is 10.3. The predicted octanol–water partition coefficient (Wildman–Crippen LogP) is -0.232. The Kier molecular flexibility index (Phi) is 2.69. The molecule has 0 bridgehead atoms. The van der Waals surface area contributed by atoms with Crippen LogP contribution in [0.15, 0.2) is 6.07 Å². The zero-order valence-corrected chi connectivity index (χ0v) is 5.80. The summed E-state index contributed by atoms with van der Waals surface area (Å²) in [6.45, 7) is 0. The van der Waals surface area contributed by atoms with E-state index >= 15 is 0 Å². The smallest absolute Gasteiger partial charge is 0.225 e. The number of aromatic nitrogens is 2. The highest BCUT2D eigenvalue weighted by Crippen LogP contribution is 2.08. The van der Waals surface area contributed by atoms with Crippen LogP contribution in [0.2, 0.25) is 0 Å². The van der Waals surface area contributed by atoms with Crippen molar-refractivity contribution in [3.63, 3.8) is 0 Å². The number of nitrogens with two attached hydrogens (primary N) is 2. The first-order valence-electron chi connectivity index (χ1n) is 2.27. The second-order valence-corrected chi connectivity index (χ2v) is 1.51. The van der Waals surface area contributed by atoms with E-state index < -0.39 is 0 Å². The molecule has 0 fully saturated rings. The molecule has 0 aliphatic rings. The van der Waals surface area contributed by atoms with E-state index in [0.29, 0.717) is 0 Å². The Balaban J connectivity index is 0.000000810. The highest BCUT2D eigenvalue weighted by Gasteiger charge is 1.93. The zero-order valence-electron chi connectivity index (χ0n) is 4.98. The number of anilines is 2. The van der Waals surface area contributed by atoms with Crippen LogP contribution in [0.4, 0.5) is 11.8 Å². The number of aromatic hydroxyl groups is 1. The van der Waals surface area contributed by atoms with Crippen LogP contribution in [0.1, 0.15) is 0 Å². The molecule has 0 amide bonds. The van der Waals surface area contributed by atoms with Gasteiger partial charge in [-0.3, -0.25) is 0 Å². The Morgan fingerprint density at radius 3 is 2.30 bits per heavy atom. The van der Waals surface area contributed by atoms with Gasteiger partial charge in [-0.25, -0.2) is 0 Å². The van der Waals surface area contributed by atoms with E-state index in [2.05, 4.69) is 9.97 Å². The maximum atomic E-state index is 8.68. The van der Waals surface area contributed by atoms with E-state index in [0.717, 1.165) is 0 Å². The largest absolute Gasteiger partial charge is 0.493 e. The van der Waals surface area contributed by atoms with Gasteiger partial charge in [0.2, 0.25) is 11.8 Å². The fourth-order valence-corrected chi connectivity index (χ4v) is 0.471. The first-order chi connectivity index (χ1) is 4.18. The zero-order chi connectivity index (χ0) is 6.85. The van der Waals surface area contributed by atoms with Gasteiger partial charge in [-0.15, -0.1) is 12.4 Å². The van der Waals surface area contributed by atoms with Crippen LogP contribution in [0.3, 0.4) is 0 Å². The van der Waals surface area contributed by atoms with Crippen molar-refractivity contribution in [2.45, 2.75) is 0 Å². The molecule has 6 heteroatoms. The molecule has 1 heterocycles. The molecule has 0 aromatic carbocycles. The summed E-state index contributed by atoms with van der Waals surface area (Å²) in [4.78, 5) is 6.90. The van der Waals surface area contributed by atoms with Crippen molar-refractivity contribution >= 4 is 24.2 Å². The average molecular weight is 163 g/mol. The summed E-state index contributed by atoms with van der Waals surface area (Å²) in [7, 11) is 0. The van der Waals surface area contributed by atoms with Crippen LogP contribution in [-0.4, -0.2) is 15.1 Å². The molecular formula is C4H7ClN4O. The lowest BCUT2D eigenvalue weighted by Gasteiger charge is -1.93.